The minimum absolute atomic E-state index is 0.0182. The van der Waals surface area contributed by atoms with Gasteiger partial charge in [-0.25, -0.2) is 4.79 Å². The van der Waals surface area contributed by atoms with Crippen LogP contribution in [0.5, 0.6) is 0 Å². The molecule has 6 nitrogen and oxygen atoms in total. The topological polar surface area (TPSA) is 66.9 Å². The maximum Gasteiger partial charge on any atom is 0.338 e. The zero-order valence-electron chi connectivity index (χ0n) is 15.2. The molecule has 144 valence electrons. The quantitative estimate of drug-likeness (QED) is 0.742. The van der Waals surface area contributed by atoms with E-state index in [1.807, 2.05) is 24.3 Å². The Bertz CT molecular complexity index is 959. The average molecular weight is 399 g/mol. The molecule has 0 atom stereocenters. The number of para-hydroxylation sites is 1. The first-order chi connectivity index (χ1) is 13.5. The minimum Gasteiger partial charge on any atom is -0.452 e. The molecule has 2 aromatic carbocycles. The fourth-order valence-corrected chi connectivity index (χ4v) is 3.85. The Morgan fingerprint density at radius 2 is 1.86 bits per heavy atom. The van der Waals surface area contributed by atoms with E-state index >= 15 is 0 Å². The monoisotopic (exact) mass is 398 g/mol. The van der Waals surface area contributed by atoms with Gasteiger partial charge in [0.25, 0.3) is 5.91 Å². The number of ether oxygens (including phenoxy) is 1. The first kappa shape index (κ1) is 18.5. The van der Waals surface area contributed by atoms with E-state index in [-0.39, 0.29) is 24.0 Å². The van der Waals surface area contributed by atoms with Crippen molar-refractivity contribution >= 4 is 40.8 Å². The Kier molecular flexibility index (Phi) is 5.05. The zero-order valence-corrected chi connectivity index (χ0v) is 15.9. The Morgan fingerprint density at radius 3 is 2.64 bits per heavy atom. The van der Waals surface area contributed by atoms with Gasteiger partial charge in [-0.3, -0.25) is 9.59 Å². The highest BCUT2D eigenvalue weighted by atomic mass is 35.5. The summed E-state index contributed by atoms with van der Waals surface area (Å²) >= 11 is 6.20. The lowest BCUT2D eigenvalue weighted by molar-refractivity contribution is -0.121. The molecule has 1 saturated heterocycles. The van der Waals surface area contributed by atoms with Gasteiger partial charge in [-0.2, -0.15) is 0 Å². The van der Waals surface area contributed by atoms with Crippen LogP contribution in [-0.2, 0) is 20.7 Å². The van der Waals surface area contributed by atoms with Crippen molar-refractivity contribution in [3.8, 4) is 0 Å². The smallest absolute Gasteiger partial charge is 0.338 e. The van der Waals surface area contributed by atoms with E-state index in [2.05, 4.69) is 0 Å². The zero-order chi connectivity index (χ0) is 19.7. The van der Waals surface area contributed by atoms with Crippen molar-refractivity contribution in [2.75, 3.05) is 29.5 Å². The highest BCUT2D eigenvalue weighted by molar-refractivity contribution is 6.34. The van der Waals surface area contributed by atoms with E-state index in [0.29, 0.717) is 30.2 Å². The molecule has 0 aromatic heterocycles. The van der Waals surface area contributed by atoms with Crippen molar-refractivity contribution in [3.05, 3.63) is 58.6 Å². The van der Waals surface area contributed by atoms with E-state index in [1.54, 1.807) is 21.9 Å². The Morgan fingerprint density at radius 1 is 1.04 bits per heavy atom. The van der Waals surface area contributed by atoms with Gasteiger partial charge in [0, 0.05) is 25.2 Å². The Labute approximate surface area is 167 Å². The number of carbonyl (C=O) groups is 3. The first-order valence-corrected chi connectivity index (χ1v) is 9.58. The van der Waals surface area contributed by atoms with Crippen molar-refractivity contribution < 1.29 is 19.1 Å². The highest BCUT2D eigenvalue weighted by Gasteiger charge is 2.27. The Balaban J connectivity index is 1.43. The molecule has 0 radical (unpaired) electrons. The third kappa shape index (κ3) is 3.47. The van der Waals surface area contributed by atoms with Crippen LogP contribution in [0.1, 0.15) is 28.8 Å². The molecule has 2 heterocycles. The number of nitrogens with zero attached hydrogens (tertiary/aromatic N) is 2. The number of hydrogen-bond donors (Lipinski definition) is 0. The average Bonchev–Trinajstić information content (AvgIpc) is 3.32. The fourth-order valence-electron chi connectivity index (χ4n) is 3.64. The molecule has 0 saturated carbocycles. The number of fused-ring (bicyclic) bond motifs is 1. The van der Waals surface area contributed by atoms with Crippen LogP contribution in [0.4, 0.5) is 11.4 Å². The maximum atomic E-state index is 12.5. The number of rotatable bonds is 4. The molecule has 0 aliphatic carbocycles. The van der Waals surface area contributed by atoms with Gasteiger partial charge in [-0.05, 0) is 42.7 Å². The summed E-state index contributed by atoms with van der Waals surface area (Å²) in [5, 5.41) is 0.400. The van der Waals surface area contributed by atoms with E-state index in [4.69, 9.17) is 16.3 Å². The van der Waals surface area contributed by atoms with Gasteiger partial charge in [0.2, 0.25) is 5.91 Å². The predicted octanol–water partition coefficient (Wildman–Crippen LogP) is 3.21. The van der Waals surface area contributed by atoms with E-state index in [1.165, 1.54) is 6.07 Å². The number of carbonyl (C=O) groups excluding carboxylic acids is 3. The maximum absolute atomic E-state index is 12.5. The van der Waals surface area contributed by atoms with Crippen LogP contribution in [0.2, 0.25) is 5.02 Å². The van der Waals surface area contributed by atoms with Crippen molar-refractivity contribution in [1.29, 1.82) is 0 Å². The van der Waals surface area contributed by atoms with Gasteiger partial charge in [0.15, 0.2) is 6.61 Å². The second-order valence-corrected chi connectivity index (χ2v) is 7.22. The van der Waals surface area contributed by atoms with Gasteiger partial charge in [-0.15, -0.1) is 0 Å². The molecule has 28 heavy (non-hydrogen) atoms. The third-order valence-corrected chi connectivity index (χ3v) is 5.38. The normalized spacial score (nSPS) is 15.7. The number of amides is 2. The van der Waals surface area contributed by atoms with Gasteiger partial charge < -0.3 is 14.5 Å². The Hall–Kier alpha value is -2.86. The molecule has 0 spiro atoms. The first-order valence-electron chi connectivity index (χ1n) is 9.20. The summed E-state index contributed by atoms with van der Waals surface area (Å²) in [7, 11) is 0. The molecule has 0 N–H and O–H groups in total. The molecule has 4 rings (SSSR count). The van der Waals surface area contributed by atoms with Crippen molar-refractivity contribution in [2.24, 2.45) is 0 Å². The number of halogens is 1. The van der Waals surface area contributed by atoms with E-state index in [9.17, 15) is 14.4 Å². The standard InChI is InChI=1S/C21H19ClN2O4/c22-16-8-7-15(12-18(16)23-10-3-6-19(23)25)21(27)28-13-20(26)24-11-9-14-4-1-2-5-17(14)24/h1-2,4-5,7-8,12H,3,6,9-11,13H2. The van der Waals surface area contributed by atoms with Crippen LogP contribution < -0.4 is 9.80 Å². The molecule has 0 unspecified atom stereocenters. The summed E-state index contributed by atoms with van der Waals surface area (Å²) in [6.45, 7) is 0.815. The van der Waals surface area contributed by atoms with Crippen LogP contribution in [0.15, 0.2) is 42.5 Å². The van der Waals surface area contributed by atoms with Crippen LogP contribution in [0, 0.1) is 0 Å². The molecule has 0 bridgehead atoms. The van der Waals surface area contributed by atoms with Crippen molar-refractivity contribution in [3.63, 3.8) is 0 Å². The van der Waals surface area contributed by atoms with Crippen LogP contribution >= 0.6 is 11.6 Å². The summed E-state index contributed by atoms with van der Waals surface area (Å²) in [6, 6.07) is 12.3. The number of esters is 1. The van der Waals surface area contributed by atoms with E-state index in [0.717, 1.165) is 24.1 Å². The lowest BCUT2D eigenvalue weighted by Crippen LogP contribution is -2.33. The summed E-state index contributed by atoms with van der Waals surface area (Å²) < 4.78 is 5.22. The molecule has 2 aliphatic heterocycles. The largest absolute Gasteiger partial charge is 0.452 e. The summed E-state index contributed by atoms with van der Waals surface area (Å²) in [5.41, 5.74) is 2.73. The molecule has 2 aromatic rings. The number of anilines is 2. The number of hydrogen-bond acceptors (Lipinski definition) is 4. The fraction of sp³-hybridized carbons (Fsp3) is 0.286. The molecule has 7 heteroatoms. The summed E-state index contributed by atoms with van der Waals surface area (Å²) in [6.07, 6.45) is 2.02. The predicted molar refractivity (Wildman–Crippen MR) is 106 cm³/mol. The van der Waals surface area contributed by atoms with Crippen molar-refractivity contribution in [2.45, 2.75) is 19.3 Å². The lowest BCUT2D eigenvalue weighted by Gasteiger charge is -2.19. The third-order valence-electron chi connectivity index (χ3n) is 5.06. The second kappa shape index (κ2) is 7.64. The lowest BCUT2D eigenvalue weighted by atomic mass is 10.2. The summed E-state index contributed by atoms with van der Waals surface area (Å²) in [5.74, 6) is -0.900. The van der Waals surface area contributed by atoms with Crippen molar-refractivity contribution in [1.82, 2.24) is 0 Å². The molecular formula is C21H19ClN2O4. The number of benzene rings is 2. The van der Waals surface area contributed by atoms with E-state index < -0.39 is 5.97 Å². The molecular weight excluding hydrogens is 380 g/mol. The highest BCUT2D eigenvalue weighted by Crippen LogP contribution is 2.31. The van der Waals surface area contributed by atoms with Gasteiger partial charge in [-0.1, -0.05) is 29.8 Å². The molecule has 2 aliphatic rings. The minimum atomic E-state index is -0.620. The van der Waals surface area contributed by atoms with Crippen LogP contribution in [0.3, 0.4) is 0 Å². The van der Waals surface area contributed by atoms with Gasteiger partial charge in [0.1, 0.15) is 0 Å². The SMILES string of the molecule is O=C(OCC(=O)N1CCc2ccccc21)c1ccc(Cl)c(N2CCCC2=O)c1. The summed E-state index contributed by atoms with van der Waals surface area (Å²) in [4.78, 5) is 40.1. The van der Waals surface area contributed by atoms with Crippen LogP contribution in [-0.4, -0.2) is 37.5 Å². The molecule has 1 fully saturated rings. The van der Waals surface area contributed by atoms with Gasteiger partial charge >= 0.3 is 5.97 Å². The second-order valence-electron chi connectivity index (χ2n) is 6.82. The van der Waals surface area contributed by atoms with Crippen LogP contribution in [0.25, 0.3) is 0 Å². The van der Waals surface area contributed by atoms with Gasteiger partial charge in [0.05, 0.1) is 16.3 Å². The molecule has 2 amide bonds.